The Kier molecular flexibility index (Phi) is 6.42. The highest BCUT2D eigenvalue weighted by Gasteiger charge is 2.17. The number of likely N-dealkylation sites (tertiary alicyclic amines) is 1. The molecule has 1 unspecified atom stereocenters. The monoisotopic (exact) mass is 309 g/mol. The lowest BCUT2D eigenvalue weighted by Crippen LogP contribution is -2.17. The van der Waals surface area contributed by atoms with Gasteiger partial charge in [0, 0.05) is 12.1 Å². The third-order valence-corrected chi connectivity index (χ3v) is 3.65. The van der Waals surface area contributed by atoms with Gasteiger partial charge >= 0.3 is 0 Å². The van der Waals surface area contributed by atoms with Gasteiger partial charge in [-0.2, -0.15) is 0 Å². The fourth-order valence-corrected chi connectivity index (χ4v) is 2.43. The van der Waals surface area contributed by atoms with E-state index < -0.39 is 6.10 Å². The third kappa shape index (κ3) is 4.57. The van der Waals surface area contributed by atoms with Crippen LogP contribution in [-0.2, 0) is 4.84 Å². The van der Waals surface area contributed by atoms with Crippen molar-refractivity contribution in [2.75, 3.05) is 39.9 Å². The Bertz CT molecular complexity index is 478. The lowest BCUT2D eigenvalue weighted by atomic mass is 10.1. The molecule has 7 nitrogen and oxygen atoms in total. The molecule has 0 spiro atoms. The van der Waals surface area contributed by atoms with Crippen LogP contribution in [0.2, 0.25) is 0 Å². The van der Waals surface area contributed by atoms with Crippen LogP contribution in [-0.4, -0.2) is 44.8 Å². The number of nitrogens with two attached hydrogens (primary N) is 1. The molecule has 0 bridgehead atoms. The summed E-state index contributed by atoms with van der Waals surface area (Å²) in [5, 5.41) is 2.39. The van der Waals surface area contributed by atoms with Crippen LogP contribution in [0.3, 0.4) is 0 Å². The van der Waals surface area contributed by atoms with Gasteiger partial charge in [0.15, 0.2) is 22.9 Å². The summed E-state index contributed by atoms with van der Waals surface area (Å²) in [7, 11) is 2.17. The maximum atomic E-state index is 10.1. The normalized spacial score (nSPS) is 18.1. The standard InChI is InChI=1S/C10H12N2O4.C5H11N/c11-6-10(16-12-13)7-1-2-8-9(5-7)15-4-3-14-8;1-6-4-2-3-5-6/h1-2,5,10H,3-4,6,11H2;2-5H2,1H3. The molecule has 2 aliphatic rings. The van der Waals surface area contributed by atoms with Gasteiger partial charge in [-0.05, 0) is 45.1 Å². The molecule has 0 amide bonds. The Morgan fingerprint density at radius 2 is 1.95 bits per heavy atom. The van der Waals surface area contributed by atoms with Gasteiger partial charge in [0.05, 0.1) is 0 Å². The molecule has 1 saturated heterocycles. The van der Waals surface area contributed by atoms with Crippen LogP contribution in [0, 0.1) is 4.91 Å². The van der Waals surface area contributed by atoms with E-state index in [1.54, 1.807) is 18.2 Å². The second kappa shape index (κ2) is 8.55. The lowest BCUT2D eigenvalue weighted by Gasteiger charge is -2.20. The first-order valence-corrected chi connectivity index (χ1v) is 7.51. The van der Waals surface area contributed by atoms with Crippen LogP contribution < -0.4 is 15.2 Å². The van der Waals surface area contributed by atoms with E-state index in [1.807, 2.05) is 0 Å². The fourth-order valence-electron chi connectivity index (χ4n) is 2.43. The fraction of sp³-hybridized carbons (Fsp3) is 0.600. The highest BCUT2D eigenvalue weighted by Crippen LogP contribution is 2.33. The van der Waals surface area contributed by atoms with Crippen molar-refractivity contribution in [3.05, 3.63) is 28.7 Å². The molecule has 1 aromatic carbocycles. The first-order chi connectivity index (χ1) is 10.7. The van der Waals surface area contributed by atoms with E-state index in [2.05, 4.69) is 22.1 Å². The van der Waals surface area contributed by atoms with Gasteiger partial charge in [0.2, 0.25) is 0 Å². The summed E-state index contributed by atoms with van der Waals surface area (Å²) in [5.41, 5.74) is 6.21. The zero-order valence-electron chi connectivity index (χ0n) is 12.9. The number of hydrogen-bond acceptors (Lipinski definition) is 7. The lowest BCUT2D eigenvalue weighted by molar-refractivity contribution is 0.0604. The molecular formula is C15H23N3O4. The van der Waals surface area contributed by atoms with Gasteiger partial charge in [-0.15, -0.1) is 4.91 Å². The average Bonchev–Trinajstić information content (AvgIpc) is 3.04. The van der Waals surface area contributed by atoms with Crippen LogP contribution in [0.25, 0.3) is 0 Å². The Labute approximate surface area is 130 Å². The number of nitrogens with zero attached hydrogens (tertiary/aromatic N) is 2. The molecule has 0 saturated carbocycles. The molecule has 2 N–H and O–H groups in total. The Hall–Kier alpha value is -1.86. The predicted octanol–water partition coefficient (Wildman–Crippen LogP) is 1.87. The number of benzene rings is 1. The second-order valence-electron chi connectivity index (χ2n) is 5.32. The second-order valence-corrected chi connectivity index (χ2v) is 5.32. The SMILES string of the molecule is CN1CCCC1.NCC(ON=O)c1ccc2c(c1)OCCO2. The molecule has 2 heterocycles. The minimum Gasteiger partial charge on any atom is -0.486 e. The van der Waals surface area contributed by atoms with Crippen LogP contribution in [0.1, 0.15) is 24.5 Å². The van der Waals surface area contributed by atoms with E-state index in [1.165, 1.54) is 25.9 Å². The molecule has 122 valence electrons. The summed E-state index contributed by atoms with van der Waals surface area (Å²) in [4.78, 5) is 17.0. The van der Waals surface area contributed by atoms with Crippen molar-refractivity contribution in [2.24, 2.45) is 11.1 Å². The molecule has 1 fully saturated rings. The van der Waals surface area contributed by atoms with E-state index in [-0.39, 0.29) is 6.54 Å². The van der Waals surface area contributed by atoms with Crippen molar-refractivity contribution in [1.82, 2.24) is 4.90 Å². The Morgan fingerprint density at radius 3 is 2.50 bits per heavy atom. The quantitative estimate of drug-likeness (QED) is 0.675. The molecule has 2 aliphatic heterocycles. The Balaban J connectivity index is 0.000000246. The van der Waals surface area contributed by atoms with Gasteiger partial charge in [0.1, 0.15) is 13.2 Å². The molecule has 0 aliphatic carbocycles. The zero-order valence-corrected chi connectivity index (χ0v) is 12.9. The Morgan fingerprint density at radius 1 is 1.27 bits per heavy atom. The number of fused-ring (bicyclic) bond motifs is 1. The minimum atomic E-state index is -0.548. The largest absolute Gasteiger partial charge is 0.486 e. The van der Waals surface area contributed by atoms with Crippen LogP contribution in [0.4, 0.5) is 0 Å². The molecule has 22 heavy (non-hydrogen) atoms. The predicted molar refractivity (Wildman–Crippen MR) is 82.8 cm³/mol. The molecule has 1 atom stereocenters. The summed E-state index contributed by atoms with van der Waals surface area (Å²) in [6.45, 7) is 3.86. The van der Waals surface area contributed by atoms with Crippen LogP contribution >= 0.6 is 0 Å². The van der Waals surface area contributed by atoms with Gasteiger partial charge in [-0.25, -0.2) is 0 Å². The summed E-state index contributed by atoms with van der Waals surface area (Å²) < 4.78 is 10.8. The van der Waals surface area contributed by atoms with E-state index >= 15 is 0 Å². The highest BCUT2D eigenvalue weighted by molar-refractivity contribution is 5.44. The number of hydrogen-bond donors (Lipinski definition) is 1. The summed E-state index contributed by atoms with van der Waals surface area (Å²) in [5.74, 6) is 1.32. The minimum absolute atomic E-state index is 0.172. The van der Waals surface area contributed by atoms with Gasteiger partial charge in [0.25, 0.3) is 0 Å². The first-order valence-electron chi connectivity index (χ1n) is 7.51. The van der Waals surface area contributed by atoms with Crippen LogP contribution in [0.15, 0.2) is 23.5 Å². The number of rotatable bonds is 4. The van der Waals surface area contributed by atoms with Crippen molar-refractivity contribution >= 4 is 0 Å². The summed E-state index contributed by atoms with van der Waals surface area (Å²) in [6, 6.07) is 5.29. The summed E-state index contributed by atoms with van der Waals surface area (Å²) >= 11 is 0. The molecule has 3 rings (SSSR count). The zero-order chi connectivity index (χ0) is 15.8. The van der Waals surface area contributed by atoms with E-state index in [4.69, 9.17) is 15.2 Å². The number of ether oxygens (including phenoxy) is 2. The van der Waals surface area contributed by atoms with Crippen LogP contribution in [0.5, 0.6) is 11.5 Å². The molecular weight excluding hydrogens is 286 g/mol. The van der Waals surface area contributed by atoms with Gasteiger partial charge in [-0.1, -0.05) is 6.07 Å². The molecule has 0 aromatic heterocycles. The molecule has 1 aromatic rings. The van der Waals surface area contributed by atoms with Gasteiger partial charge in [-0.3, -0.25) is 0 Å². The van der Waals surface area contributed by atoms with Gasteiger partial charge < -0.3 is 24.9 Å². The first kappa shape index (κ1) is 16.5. The van der Waals surface area contributed by atoms with Crippen molar-refractivity contribution in [3.8, 4) is 11.5 Å². The van der Waals surface area contributed by atoms with Crippen molar-refractivity contribution in [1.29, 1.82) is 0 Å². The molecule has 7 heteroatoms. The van der Waals surface area contributed by atoms with E-state index in [0.717, 1.165) is 5.56 Å². The maximum Gasteiger partial charge on any atom is 0.168 e. The smallest absolute Gasteiger partial charge is 0.168 e. The summed E-state index contributed by atoms with van der Waals surface area (Å²) in [6.07, 6.45) is 2.28. The third-order valence-electron chi connectivity index (χ3n) is 3.65. The maximum absolute atomic E-state index is 10.1. The average molecular weight is 309 g/mol. The van der Waals surface area contributed by atoms with Crippen molar-refractivity contribution in [2.45, 2.75) is 18.9 Å². The highest BCUT2D eigenvalue weighted by atomic mass is 16.7. The van der Waals surface area contributed by atoms with Crippen molar-refractivity contribution < 1.29 is 14.3 Å². The topological polar surface area (TPSA) is 86.4 Å². The molecule has 0 radical (unpaired) electrons. The van der Waals surface area contributed by atoms with Crippen molar-refractivity contribution in [3.63, 3.8) is 0 Å². The van der Waals surface area contributed by atoms with E-state index in [9.17, 15) is 4.91 Å². The van der Waals surface area contributed by atoms with E-state index in [0.29, 0.717) is 24.7 Å².